The Labute approximate surface area is 161 Å². The van der Waals surface area contributed by atoms with Crippen molar-refractivity contribution in [1.82, 2.24) is 20.4 Å². The van der Waals surface area contributed by atoms with Gasteiger partial charge in [-0.2, -0.15) is 5.10 Å². The molecule has 0 bridgehead atoms. The minimum Gasteiger partial charge on any atom is -0.346 e. The van der Waals surface area contributed by atoms with Gasteiger partial charge < -0.3 is 10.2 Å². The maximum absolute atomic E-state index is 12.5. The normalized spacial score (nSPS) is 13.9. The van der Waals surface area contributed by atoms with E-state index < -0.39 is 11.3 Å². The van der Waals surface area contributed by atoms with Gasteiger partial charge in [-0.25, -0.2) is 0 Å². The van der Waals surface area contributed by atoms with Crippen molar-refractivity contribution in [2.75, 3.05) is 6.54 Å². The highest BCUT2D eigenvalue weighted by atomic mass is 16.2. The van der Waals surface area contributed by atoms with Gasteiger partial charge >= 0.3 is 0 Å². The van der Waals surface area contributed by atoms with Gasteiger partial charge in [0.1, 0.15) is 0 Å². The van der Waals surface area contributed by atoms with Crippen LogP contribution in [-0.2, 0) is 17.9 Å². The SMILES string of the molecule is O=C(NCc1cccc(CN2CCCC2=O)c1)c1n[nH]c2ccccc2c1=O. The van der Waals surface area contributed by atoms with Crippen LogP contribution in [0.1, 0.15) is 34.5 Å². The lowest BCUT2D eigenvalue weighted by atomic mass is 10.1. The molecule has 2 heterocycles. The van der Waals surface area contributed by atoms with E-state index in [1.165, 1.54) is 0 Å². The number of nitrogens with one attached hydrogen (secondary N) is 2. The molecule has 7 heteroatoms. The topological polar surface area (TPSA) is 95.2 Å². The number of nitrogens with zero attached hydrogens (tertiary/aromatic N) is 2. The van der Waals surface area contributed by atoms with Crippen LogP contribution in [0.3, 0.4) is 0 Å². The molecule has 0 aliphatic carbocycles. The van der Waals surface area contributed by atoms with Gasteiger partial charge in [-0.1, -0.05) is 36.4 Å². The number of H-pyrrole nitrogens is 1. The number of hydrogen-bond acceptors (Lipinski definition) is 4. The van der Waals surface area contributed by atoms with Crippen molar-refractivity contribution in [3.05, 3.63) is 75.6 Å². The molecule has 7 nitrogen and oxygen atoms in total. The number of benzene rings is 2. The first-order chi connectivity index (χ1) is 13.6. The molecule has 1 aliphatic heterocycles. The van der Waals surface area contributed by atoms with Crippen molar-refractivity contribution in [1.29, 1.82) is 0 Å². The van der Waals surface area contributed by atoms with E-state index in [4.69, 9.17) is 0 Å². The number of carbonyl (C=O) groups is 2. The number of amides is 2. The number of fused-ring (bicyclic) bond motifs is 1. The lowest BCUT2D eigenvalue weighted by Gasteiger charge is -2.16. The molecular weight excluding hydrogens is 356 g/mol. The summed E-state index contributed by atoms with van der Waals surface area (Å²) >= 11 is 0. The summed E-state index contributed by atoms with van der Waals surface area (Å²) in [5.74, 6) is -0.340. The minimum absolute atomic E-state index is 0.155. The van der Waals surface area contributed by atoms with Gasteiger partial charge in [-0.3, -0.25) is 19.5 Å². The molecule has 0 spiro atoms. The summed E-state index contributed by atoms with van der Waals surface area (Å²) in [6.45, 7) is 1.64. The Morgan fingerprint density at radius 3 is 2.75 bits per heavy atom. The van der Waals surface area contributed by atoms with E-state index in [1.807, 2.05) is 29.2 Å². The van der Waals surface area contributed by atoms with Gasteiger partial charge in [-0.15, -0.1) is 0 Å². The Balaban J connectivity index is 1.45. The summed E-state index contributed by atoms with van der Waals surface area (Å²) in [6.07, 6.45) is 1.52. The molecule has 1 aliphatic rings. The van der Waals surface area contributed by atoms with Crippen LogP contribution in [0.4, 0.5) is 0 Å². The quantitative estimate of drug-likeness (QED) is 0.712. The molecule has 28 heavy (non-hydrogen) atoms. The van der Waals surface area contributed by atoms with Crippen LogP contribution in [0.5, 0.6) is 0 Å². The molecular formula is C21H20N4O3. The van der Waals surface area contributed by atoms with Crippen molar-refractivity contribution in [3.8, 4) is 0 Å². The van der Waals surface area contributed by atoms with Crippen molar-refractivity contribution < 1.29 is 9.59 Å². The van der Waals surface area contributed by atoms with Gasteiger partial charge in [0, 0.05) is 31.4 Å². The van der Waals surface area contributed by atoms with E-state index in [0.29, 0.717) is 23.9 Å². The molecule has 0 atom stereocenters. The number of rotatable bonds is 5. The van der Waals surface area contributed by atoms with Crippen LogP contribution in [-0.4, -0.2) is 33.5 Å². The lowest BCUT2D eigenvalue weighted by molar-refractivity contribution is -0.128. The molecule has 2 aromatic carbocycles. The van der Waals surface area contributed by atoms with E-state index >= 15 is 0 Å². The van der Waals surface area contributed by atoms with E-state index in [2.05, 4.69) is 15.5 Å². The highest BCUT2D eigenvalue weighted by molar-refractivity contribution is 5.95. The number of aromatic amines is 1. The second kappa shape index (κ2) is 7.64. The van der Waals surface area contributed by atoms with Crippen molar-refractivity contribution >= 4 is 22.7 Å². The van der Waals surface area contributed by atoms with Crippen molar-refractivity contribution in [2.45, 2.75) is 25.9 Å². The highest BCUT2D eigenvalue weighted by Crippen LogP contribution is 2.15. The molecule has 1 saturated heterocycles. The van der Waals surface area contributed by atoms with Gasteiger partial charge in [0.25, 0.3) is 5.91 Å². The Hall–Kier alpha value is -3.48. The molecule has 142 valence electrons. The van der Waals surface area contributed by atoms with Gasteiger partial charge in [0.05, 0.1) is 5.52 Å². The van der Waals surface area contributed by atoms with E-state index in [0.717, 1.165) is 24.1 Å². The molecule has 1 fully saturated rings. The molecule has 1 aromatic heterocycles. The molecule has 0 radical (unpaired) electrons. The summed E-state index contributed by atoms with van der Waals surface area (Å²) < 4.78 is 0. The van der Waals surface area contributed by atoms with Crippen molar-refractivity contribution in [2.24, 2.45) is 0 Å². The maximum Gasteiger partial charge on any atom is 0.276 e. The summed E-state index contributed by atoms with van der Waals surface area (Å²) in [6, 6.07) is 14.7. The Bertz CT molecular complexity index is 1110. The molecule has 0 unspecified atom stereocenters. The molecule has 2 amide bonds. The van der Waals surface area contributed by atoms with Gasteiger partial charge in [0.2, 0.25) is 11.3 Å². The first-order valence-corrected chi connectivity index (χ1v) is 9.23. The smallest absolute Gasteiger partial charge is 0.276 e. The summed E-state index contributed by atoms with van der Waals surface area (Å²) in [4.78, 5) is 38.6. The number of hydrogen-bond donors (Lipinski definition) is 2. The highest BCUT2D eigenvalue weighted by Gasteiger charge is 2.20. The van der Waals surface area contributed by atoms with Crippen LogP contribution in [0.2, 0.25) is 0 Å². The van der Waals surface area contributed by atoms with Crippen LogP contribution >= 0.6 is 0 Å². The van der Waals surface area contributed by atoms with E-state index in [-0.39, 0.29) is 18.1 Å². The largest absolute Gasteiger partial charge is 0.346 e. The molecule has 0 saturated carbocycles. The Kier molecular flexibility index (Phi) is 4.89. The summed E-state index contributed by atoms with van der Waals surface area (Å²) in [5, 5.41) is 9.84. The van der Waals surface area contributed by atoms with Gasteiger partial charge in [0.15, 0.2) is 5.69 Å². The molecule has 4 rings (SSSR count). The number of aromatic nitrogens is 2. The summed E-state index contributed by atoms with van der Waals surface area (Å²) in [7, 11) is 0. The third-order valence-corrected chi connectivity index (χ3v) is 4.88. The van der Waals surface area contributed by atoms with Crippen molar-refractivity contribution in [3.63, 3.8) is 0 Å². The Morgan fingerprint density at radius 1 is 1.11 bits per heavy atom. The zero-order valence-corrected chi connectivity index (χ0v) is 15.3. The fourth-order valence-electron chi connectivity index (χ4n) is 3.42. The standard InChI is InChI=1S/C21H20N4O3/c26-18-9-4-10-25(18)13-15-6-3-5-14(11-15)12-22-21(28)19-20(27)16-7-1-2-8-17(16)23-24-19/h1-3,5-8,11H,4,9-10,12-13H2,(H,22,28)(H,23,27). The molecule has 2 N–H and O–H groups in total. The van der Waals surface area contributed by atoms with E-state index in [9.17, 15) is 14.4 Å². The zero-order valence-electron chi connectivity index (χ0n) is 15.3. The number of carbonyl (C=O) groups excluding carboxylic acids is 2. The monoisotopic (exact) mass is 376 g/mol. The van der Waals surface area contributed by atoms with E-state index in [1.54, 1.807) is 24.3 Å². The predicted octanol–water partition coefficient (Wildman–Crippen LogP) is 1.98. The van der Waals surface area contributed by atoms with Crippen LogP contribution in [0.15, 0.2) is 53.3 Å². The molecule has 3 aromatic rings. The fraction of sp³-hybridized carbons (Fsp3) is 0.238. The first-order valence-electron chi connectivity index (χ1n) is 9.23. The second-order valence-electron chi connectivity index (χ2n) is 6.87. The van der Waals surface area contributed by atoms with Gasteiger partial charge in [-0.05, 0) is 29.7 Å². The minimum atomic E-state index is -0.521. The lowest BCUT2D eigenvalue weighted by Crippen LogP contribution is -2.30. The third kappa shape index (κ3) is 3.64. The maximum atomic E-state index is 12.5. The first kappa shape index (κ1) is 17.9. The zero-order chi connectivity index (χ0) is 19.5. The third-order valence-electron chi connectivity index (χ3n) is 4.88. The predicted molar refractivity (Wildman–Crippen MR) is 105 cm³/mol. The van der Waals surface area contributed by atoms with Crippen LogP contribution < -0.4 is 10.7 Å². The van der Waals surface area contributed by atoms with Crippen LogP contribution in [0.25, 0.3) is 10.9 Å². The van der Waals surface area contributed by atoms with Crippen LogP contribution in [0, 0.1) is 0 Å². The average Bonchev–Trinajstić information content (AvgIpc) is 3.11. The fourth-order valence-corrected chi connectivity index (χ4v) is 3.42. The summed E-state index contributed by atoms with van der Waals surface area (Å²) in [5.41, 5.74) is 1.96. The second-order valence-corrected chi connectivity index (χ2v) is 6.87. The average molecular weight is 376 g/mol. The Morgan fingerprint density at radius 2 is 1.93 bits per heavy atom. The number of likely N-dealkylation sites (tertiary alicyclic amines) is 1. The number of para-hydroxylation sites is 1.